The number of carbonyl (C=O) groups excluding carboxylic acids is 1. The first-order chi connectivity index (χ1) is 12.5. The van der Waals surface area contributed by atoms with Gasteiger partial charge in [-0.1, -0.05) is 29.5 Å². The molecule has 1 aliphatic rings. The molecule has 0 radical (unpaired) electrons. The highest BCUT2D eigenvalue weighted by molar-refractivity contribution is 8.02. The number of amides is 1. The monoisotopic (exact) mass is 412 g/mol. The van der Waals surface area contributed by atoms with Gasteiger partial charge in [-0.2, -0.15) is 4.31 Å². The summed E-state index contributed by atoms with van der Waals surface area (Å²) in [5.74, 6) is -0.170. The van der Waals surface area contributed by atoms with Crippen molar-refractivity contribution in [2.24, 2.45) is 0 Å². The minimum Gasteiger partial charge on any atom is -0.325 e. The van der Waals surface area contributed by atoms with Gasteiger partial charge < -0.3 is 5.32 Å². The number of carbonyl (C=O) groups is 1. The maximum atomic E-state index is 12.6. The van der Waals surface area contributed by atoms with E-state index in [2.05, 4.69) is 15.5 Å². The molecule has 0 spiro atoms. The maximum Gasteiger partial charge on any atom is 0.243 e. The second-order valence-electron chi connectivity index (χ2n) is 5.94. The number of sulfonamides is 1. The van der Waals surface area contributed by atoms with Crippen LogP contribution in [0.3, 0.4) is 0 Å². The van der Waals surface area contributed by atoms with Crippen molar-refractivity contribution >= 4 is 44.7 Å². The van der Waals surface area contributed by atoms with Gasteiger partial charge in [0, 0.05) is 18.8 Å². The molecule has 1 fully saturated rings. The molecule has 1 N–H and O–H groups in total. The SMILES string of the molecule is CC(Sc1nncs1)C(=O)Nc1ccc(S(=O)(=O)N2CCCCC2)cc1. The Morgan fingerprint density at radius 1 is 1.23 bits per heavy atom. The van der Waals surface area contributed by atoms with Crippen molar-refractivity contribution in [3.63, 3.8) is 0 Å². The Morgan fingerprint density at radius 3 is 2.54 bits per heavy atom. The standard InChI is InChI=1S/C16H20N4O3S3/c1-12(25-16-19-17-11-24-16)15(21)18-13-5-7-14(8-6-13)26(22,23)20-9-3-2-4-10-20/h5-8,11-12H,2-4,9-10H2,1H3,(H,18,21). The van der Waals surface area contributed by atoms with Crippen LogP contribution in [0.5, 0.6) is 0 Å². The van der Waals surface area contributed by atoms with Crippen molar-refractivity contribution in [3.05, 3.63) is 29.8 Å². The van der Waals surface area contributed by atoms with E-state index in [9.17, 15) is 13.2 Å². The number of benzene rings is 1. The Labute approximate surface area is 161 Å². The summed E-state index contributed by atoms with van der Waals surface area (Å²) >= 11 is 2.72. The van der Waals surface area contributed by atoms with Crippen LogP contribution >= 0.6 is 23.1 Å². The third-order valence-corrected chi connectivity index (χ3v) is 7.89. The lowest BCUT2D eigenvalue weighted by atomic mass is 10.2. The lowest BCUT2D eigenvalue weighted by molar-refractivity contribution is -0.115. The number of thioether (sulfide) groups is 1. The van der Waals surface area contributed by atoms with E-state index >= 15 is 0 Å². The number of aromatic nitrogens is 2. The summed E-state index contributed by atoms with van der Waals surface area (Å²) in [6.07, 6.45) is 2.87. The molecule has 2 aromatic rings. The zero-order chi connectivity index (χ0) is 18.6. The molecular formula is C16H20N4O3S3. The van der Waals surface area contributed by atoms with Crippen LogP contribution in [0.15, 0.2) is 39.0 Å². The van der Waals surface area contributed by atoms with E-state index in [-0.39, 0.29) is 16.1 Å². The third kappa shape index (κ3) is 4.61. The molecule has 1 amide bonds. The number of rotatable bonds is 6. The van der Waals surface area contributed by atoms with E-state index in [1.54, 1.807) is 36.7 Å². The van der Waals surface area contributed by atoms with Crippen molar-refractivity contribution in [2.75, 3.05) is 18.4 Å². The first-order valence-electron chi connectivity index (χ1n) is 8.31. The molecule has 1 unspecified atom stereocenters. The van der Waals surface area contributed by atoms with Crippen molar-refractivity contribution < 1.29 is 13.2 Å². The normalized spacial score (nSPS) is 17.0. The number of nitrogens with one attached hydrogen (secondary N) is 1. The highest BCUT2D eigenvalue weighted by Crippen LogP contribution is 2.26. The Hall–Kier alpha value is -1.49. The summed E-state index contributed by atoms with van der Waals surface area (Å²) < 4.78 is 27.5. The fourth-order valence-corrected chi connectivity index (χ4v) is 5.77. The zero-order valence-corrected chi connectivity index (χ0v) is 16.7. The van der Waals surface area contributed by atoms with E-state index in [0.717, 1.165) is 23.6 Å². The van der Waals surface area contributed by atoms with Crippen LogP contribution in [0.1, 0.15) is 26.2 Å². The molecule has 140 valence electrons. The van der Waals surface area contributed by atoms with Gasteiger partial charge in [0.1, 0.15) is 5.51 Å². The molecule has 7 nitrogen and oxygen atoms in total. The molecule has 0 bridgehead atoms. The smallest absolute Gasteiger partial charge is 0.243 e. The summed E-state index contributed by atoms with van der Waals surface area (Å²) in [4.78, 5) is 12.5. The van der Waals surface area contributed by atoms with Crippen molar-refractivity contribution in [3.8, 4) is 0 Å². The van der Waals surface area contributed by atoms with Gasteiger partial charge in [-0.25, -0.2) is 8.42 Å². The number of nitrogens with zero attached hydrogens (tertiary/aromatic N) is 3. The molecule has 1 atom stereocenters. The van der Waals surface area contributed by atoms with Crippen LogP contribution in [0.25, 0.3) is 0 Å². The molecule has 2 heterocycles. The maximum absolute atomic E-state index is 12.6. The van der Waals surface area contributed by atoms with Crippen LogP contribution < -0.4 is 5.32 Å². The quantitative estimate of drug-likeness (QED) is 0.734. The third-order valence-electron chi connectivity index (χ3n) is 4.06. The summed E-state index contributed by atoms with van der Waals surface area (Å²) in [6.45, 7) is 2.93. The number of piperidine rings is 1. The lowest BCUT2D eigenvalue weighted by Crippen LogP contribution is -2.35. The van der Waals surface area contributed by atoms with E-state index in [0.29, 0.717) is 18.8 Å². The van der Waals surface area contributed by atoms with E-state index in [4.69, 9.17) is 0 Å². The summed E-state index contributed by atoms with van der Waals surface area (Å²) in [5, 5.41) is 10.1. The Morgan fingerprint density at radius 2 is 1.92 bits per heavy atom. The van der Waals surface area contributed by atoms with Gasteiger partial charge >= 0.3 is 0 Å². The first-order valence-corrected chi connectivity index (χ1v) is 11.5. The number of hydrogen-bond acceptors (Lipinski definition) is 7. The Kier molecular flexibility index (Phi) is 6.28. The zero-order valence-electron chi connectivity index (χ0n) is 14.3. The van der Waals surface area contributed by atoms with Gasteiger partial charge in [0.25, 0.3) is 0 Å². The molecule has 3 rings (SSSR count). The molecule has 1 aliphatic heterocycles. The van der Waals surface area contributed by atoms with Crippen molar-refractivity contribution in [1.82, 2.24) is 14.5 Å². The second-order valence-corrected chi connectivity index (χ2v) is 10.3. The van der Waals surface area contributed by atoms with Gasteiger partial charge in [0.05, 0.1) is 10.1 Å². The van der Waals surface area contributed by atoms with Gasteiger partial charge in [-0.15, -0.1) is 10.2 Å². The van der Waals surface area contributed by atoms with Gasteiger partial charge in [-0.3, -0.25) is 4.79 Å². The molecular weight excluding hydrogens is 392 g/mol. The second kappa shape index (κ2) is 8.47. The molecule has 0 aliphatic carbocycles. The number of anilines is 1. The van der Waals surface area contributed by atoms with Crippen LogP contribution in [0, 0.1) is 0 Å². The molecule has 1 saturated heterocycles. The van der Waals surface area contributed by atoms with E-state index in [1.807, 2.05) is 0 Å². The van der Waals surface area contributed by atoms with Crippen molar-refractivity contribution in [1.29, 1.82) is 0 Å². The van der Waals surface area contributed by atoms with Gasteiger partial charge in [0.2, 0.25) is 15.9 Å². The van der Waals surface area contributed by atoms with Gasteiger partial charge in [-0.05, 0) is 44.0 Å². The minimum atomic E-state index is -3.46. The highest BCUT2D eigenvalue weighted by Gasteiger charge is 2.25. The molecule has 10 heteroatoms. The average molecular weight is 413 g/mol. The van der Waals surface area contributed by atoms with Gasteiger partial charge in [0.15, 0.2) is 4.34 Å². The van der Waals surface area contributed by atoms with E-state index < -0.39 is 10.0 Å². The summed E-state index contributed by atoms with van der Waals surface area (Å²) in [6, 6.07) is 6.33. The minimum absolute atomic E-state index is 0.170. The van der Waals surface area contributed by atoms with Crippen LogP contribution in [0.2, 0.25) is 0 Å². The fourth-order valence-electron chi connectivity index (χ4n) is 2.63. The predicted octanol–water partition coefficient (Wildman–Crippen LogP) is 2.83. The van der Waals surface area contributed by atoms with Crippen LogP contribution in [-0.2, 0) is 14.8 Å². The molecule has 0 saturated carbocycles. The van der Waals surface area contributed by atoms with Crippen molar-refractivity contribution in [2.45, 2.75) is 40.7 Å². The van der Waals surface area contributed by atoms with Crippen LogP contribution in [0.4, 0.5) is 5.69 Å². The Bertz CT molecular complexity index is 832. The summed E-state index contributed by atoms with van der Waals surface area (Å²) in [5.41, 5.74) is 2.19. The lowest BCUT2D eigenvalue weighted by Gasteiger charge is -2.25. The first kappa shape index (κ1) is 19.3. The molecule has 26 heavy (non-hydrogen) atoms. The average Bonchev–Trinajstić information content (AvgIpc) is 3.16. The largest absolute Gasteiger partial charge is 0.325 e. The summed E-state index contributed by atoms with van der Waals surface area (Å²) in [7, 11) is -3.46. The van der Waals surface area contributed by atoms with E-state index in [1.165, 1.54) is 27.4 Å². The highest BCUT2D eigenvalue weighted by atomic mass is 32.2. The molecule has 1 aromatic heterocycles. The topological polar surface area (TPSA) is 92.3 Å². The predicted molar refractivity (Wildman–Crippen MR) is 103 cm³/mol. The number of hydrogen-bond donors (Lipinski definition) is 1. The van der Waals surface area contributed by atoms with Crippen LogP contribution in [-0.4, -0.2) is 47.2 Å². The molecule has 1 aromatic carbocycles. The Balaban J connectivity index is 1.62. The fraction of sp³-hybridized carbons (Fsp3) is 0.438.